The van der Waals surface area contributed by atoms with E-state index in [9.17, 15) is 10.2 Å². The summed E-state index contributed by atoms with van der Waals surface area (Å²) in [7, 11) is 0. The first-order valence-electron chi connectivity index (χ1n) is 9.47. The highest BCUT2D eigenvalue weighted by Gasteiger charge is 2.43. The smallest absolute Gasteiger partial charge is 0.158 e. The molecule has 3 unspecified atom stereocenters. The minimum absolute atomic E-state index is 0.175. The van der Waals surface area contributed by atoms with E-state index in [4.69, 9.17) is 14.2 Å². The summed E-state index contributed by atoms with van der Waals surface area (Å²) in [5, 5.41) is 19.4. The maximum Gasteiger partial charge on any atom is 0.158 e. The lowest BCUT2D eigenvalue weighted by molar-refractivity contribution is -0.103. The lowest BCUT2D eigenvalue weighted by Gasteiger charge is -2.20. The van der Waals surface area contributed by atoms with Crippen molar-refractivity contribution < 1.29 is 24.4 Å². The highest BCUT2D eigenvalue weighted by molar-refractivity contribution is 4.90. The molecule has 2 heterocycles. The first kappa shape index (κ1) is 19.1. The summed E-state index contributed by atoms with van der Waals surface area (Å²) in [6.07, 6.45) is 10.1. The topological polar surface area (TPSA) is 68.2 Å². The van der Waals surface area contributed by atoms with Crippen molar-refractivity contribution in [2.75, 3.05) is 13.2 Å². The Bertz CT molecular complexity index is 312. The van der Waals surface area contributed by atoms with Gasteiger partial charge in [-0.1, -0.05) is 58.3 Å². The van der Waals surface area contributed by atoms with Crippen LogP contribution in [0.4, 0.5) is 0 Å². The number of rotatable bonds is 11. The Morgan fingerprint density at radius 2 is 1.48 bits per heavy atom. The quantitative estimate of drug-likeness (QED) is 0.570. The highest BCUT2D eigenvalue weighted by Crippen LogP contribution is 2.26. The minimum Gasteiger partial charge on any atom is -0.388 e. The zero-order chi connectivity index (χ0) is 16.5. The van der Waals surface area contributed by atoms with Gasteiger partial charge in [-0.3, -0.25) is 0 Å². The molecule has 23 heavy (non-hydrogen) atoms. The molecule has 0 aliphatic carbocycles. The Morgan fingerprint density at radius 3 is 2.09 bits per heavy atom. The maximum absolute atomic E-state index is 9.84. The van der Waals surface area contributed by atoms with Crippen molar-refractivity contribution in [1.29, 1.82) is 0 Å². The van der Waals surface area contributed by atoms with Crippen molar-refractivity contribution in [1.82, 2.24) is 0 Å². The largest absolute Gasteiger partial charge is 0.388 e. The van der Waals surface area contributed by atoms with Gasteiger partial charge in [0.15, 0.2) is 6.29 Å². The van der Waals surface area contributed by atoms with Gasteiger partial charge in [0.2, 0.25) is 0 Å². The molecule has 0 aromatic rings. The van der Waals surface area contributed by atoms with Gasteiger partial charge < -0.3 is 24.4 Å². The Morgan fingerprint density at radius 1 is 0.826 bits per heavy atom. The van der Waals surface area contributed by atoms with E-state index < -0.39 is 18.3 Å². The third-order valence-electron chi connectivity index (χ3n) is 4.87. The first-order chi connectivity index (χ1) is 11.2. The van der Waals surface area contributed by atoms with Crippen LogP contribution in [-0.4, -0.2) is 54.1 Å². The van der Waals surface area contributed by atoms with E-state index in [1.54, 1.807) is 0 Å². The molecule has 2 aliphatic rings. The zero-order valence-electron chi connectivity index (χ0n) is 14.5. The summed E-state index contributed by atoms with van der Waals surface area (Å²) >= 11 is 0. The van der Waals surface area contributed by atoms with Crippen LogP contribution in [-0.2, 0) is 14.2 Å². The third-order valence-corrected chi connectivity index (χ3v) is 4.87. The van der Waals surface area contributed by atoms with Gasteiger partial charge in [0.1, 0.15) is 24.4 Å². The fourth-order valence-corrected chi connectivity index (χ4v) is 3.37. The average Bonchev–Trinajstić information content (AvgIpc) is 3.13. The molecular weight excluding hydrogens is 296 g/mol. The number of hydrogen-bond acceptors (Lipinski definition) is 5. The summed E-state index contributed by atoms with van der Waals surface area (Å²) in [6.45, 7) is 2.87. The van der Waals surface area contributed by atoms with Gasteiger partial charge >= 0.3 is 0 Å². The summed E-state index contributed by atoms with van der Waals surface area (Å²) in [6, 6.07) is 0. The molecule has 2 fully saturated rings. The molecule has 0 aromatic carbocycles. The van der Waals surface area contributed by atoms with Crippen LogP contribution in [0.5, 0.6) is 0 Å². The third kappa shape index (κ3) is 6.31. The summed E-state index contributed by atoms with van der Waals surface area (Å²) < 4.78 is 16.9. The van der Waals surface area contributed by atoms with E-state index in [-0.39, 0.29) is 19.0 Å². The second kappa shape index (κ2) is 10.6. The number of hydrogen-bond donors (Lipinski definition) is 2. The van der Waals surface area contributed by atoms with Crippen molar-refractivity contribution in [3.8, 4) is 0 Å². The second-order valence-electron chi connectivity index (χ2n) is 6.91. The van der Waals surface area contributed by atoms with Crippen LogP contribution in [0.3, 0.4) is 0 Å². The van der Waals surface area contributed by atoms with E-state index in [2.05, 4.69) is 6.92 Å². The second-order valence-corrected chi connectivity index (χ2v) is 6.91. The molecule has 2 rings (SSSR count). The molecule has 5 nitrogen and oxygen atoms in total. The van der Waals surface area contributed by atoms with Crippen molar-refractivity contribution in [3.05, 3.63) is 0 Å². The Balaban J connectivity index is 1.47. The molecule has 5 atom stereocenters. The number of aliphatic hydroxyl groups excluding tert-OH is 2. The van der Waals surface area contributed by atoms with Crippen LogP contribution < -0.4 is 0 Å². The van der Waals surface area contributed by atoms with E-state index >= 15 is 0 Å². The van der Waals surface area contributed by atoms with Gasteiger partial charge in [0, 0.05) is 0 Å². The number of unbranched alkanes of at least 4 members (excludes halogenated alkanes) is 8. The SMILES string of the molecule is CCCCCCCCCCCC1OCC([C@H]2OCC(O)[C@H]2O)O1. The average molecular weight is 330 g/mol. The van der Waals surface area contributed by atoms with Crippen molar-refractivity contribution >= 4 is 0 Å². The standard InChI is InChI=1S/C18H34O5/c1-2-3-4-5-6-7-8-9-10-11-16-21-13-15(23-16)18-17(20)14(19)12-22-18/h14-20H,2-13H2,1H3/t14?,15?,16?,17-,18-/m1/s1. The molecule has 136 valence electrons. The van der Waals surface area contributed by atoms with E-state index in [1.807, 2.05) is 0 Å². The van der Waals surface area contributed by atoms with Gasteiger partial charge in [-0.15, -0.1) is 0 Å². The predicted molar refractivity (Wildman–Crippen MR) is 88.2 cm³/mol. The Hall–Kier alpha value is -0.200. The molecule has 0 saturated carbocycles. The molecule has 2 aliphatic heterocycles. The minimum atomic E-state index is -0.866. The predicted octanol–water partition coefficient (Wildman–Crippen LogP) is 2.77. The maximum atomic E-state index is 9.84. The zero-order valence-corrected chi connectivity index (χ0v) is 14.5. The van der Waals surface area contributed by atoms with Crippen LogP contribution in [0.15, 0.2) is 0 Å². The van der Waals surface area contributed by atoms with E-state index in [1.165, 1.54) is 51.4 Å². The molecule has 0 aromatic heterocycles. The van der Waals surface area contributed by atoms with E-state index in [0.29, 0.717) is 6.61 Å². The van der Waals surface area contributed by atoms with Crippen LogP contribution in [0.2, 0.25) is 0 Å². The molecule has 0 spiro atoms. The van der Waals surface area contributed by atoms with Gasteiger partial charge in [0.05, 0.1) is 13.2 Å². The summed E-state index contributed by atoms with van der Waals surface area (Å²) in [5.74, 6) is 0. The van der Waals surface area contributed by atoms with Gasteiger partial charge in [-0.2, -0.15) is 0 Å². The fraction of sp³-hybridized carbons (Fsp3) is 1.00. The fourth-order valence-electron chi connectivity index (χ4n) is 3.37. The molecule has 0 bridgehead atoms. The monoisotopic (exact) mass is 330 g/mol. The molecule has 5 heteroatoms. The molecule has 2 saturated heterocycles. The van der Waals surface area contributed by atoms with Crippen LogP contribution in [0.1, 0.15) is 71.1 Å². The Labute approximate surface area is 140 Å². The van der Waals surface area contributed by atoms with E-state index in [0.717, 1.165) is 12.8 Å². The molecular formula is C18H34O5. The highest BCUT2D eigenvalue weighted by atomic mass is 16.7. The van der Waals surface area contributed by atoms with Crippen LogP contribution in [0, 0.1) is 0 Å². The number of ether oxygens (including phenoxy) is 3. The van der Waals surface area contributed by atoms with Crippen molar-refractivity contribution in [3.63, 3.8) is 0 Å². The molecule has 0 radical (unpaired) electrons. The van der Waals surface area contributed by atoms with Gasteiger partial charge in [-0.05, 0) is 12.8 Å². The van der Waals surface area contributed by atoms with Crippen LogP contribution in [0.25, 0.3) is 0 Å². The van der Waals surface area contributed by atoms with Gasteiger partial charge in [-0.25, -0.2) is 0 Å². The van der Waals surface area contributed by atoms with Crippen LogP contribution >= 0.6 is 0 Å². The number of aliphatic hydroxyl groups is 2. The summed E-state index contributed by atoms with van der Waals surface area (Å²) in [4.78, 5) is 0. The van der Waals surface area contributed by atoms with Gasteiger partial charge in [0.25, 0.3) is 0 Å². The lowest BCUT2D eigenvalue weighted by Crippen LogP contribution is -2.39. The lowest BCUT2D eigenvalue weighted by atomic mass is 10.1. The van der Waals surface area contributed by atoms with Crippen molar-refractivity contribution in [2.45, 2.75) is 102 Å². The normalized spacial score (nSPS) is 34.3. The Kier molecular flexibility index (Phi) is 8.83. The van der Waals surface area contributed by atoms with Crippen molar-refractivity contribution in [2.24, 2.45) is 0 Å². The molecule has 0 amide bonds. The first-order valence-corrected chi connectivity index (χ1v) is 9.47. The molecule has 2 N–H and O–H groups in total. The summed E-state index contributed by atoms with van der Waals surface area (Å²) in [5.41, 5.74) is 0.